The van der Waals surface area contributed by atoms with Gasteiger partial charge in [-0.1, -0.05) is 0 Å². The minimum Gasteiger partial charge on any atom is -0.475 e. The molecule has 1 N–H and O–H groups in total. The number of aliphatic carboxylic acids is 1. The van der Waals surface area contributed by atoms with Crippen molar-refractivity contribution in [2.24, 2.45) is 5.92 Å². The van der Waals surface area contributed by atoms with Gasteiger partial charge in [-0.3, -0.25) is 9.58 Å². The van der Waals surface area contributed by atoms with Crippen LogP contribution in [0.4, 0.5) is 13.2 Å². The molecule has 0 bridgehead atoms. The van der Waals surface area contributed by atoms with Gasteiger partial charge in [-0.2, -0.15) is 18.3 Å². The Balaban J connectivity index is 0.000000339. The molecular formula is C21H28F3N3O4. The predicted octanol–water partition coefficient (Wildman–Crippen LogP) is 4.00. The fourth-order valence-electron chi connectivity index (χ4n) is 3.43. The van der Waals surface area contributed by atoms with E-state index in [0.29, 0.717) is 6.61 Å². The zero-order chi connectivity index (χ0) is 22.6. The molecule has 0 aromatic carbocycles. The van der Waals surface area contributed by atoms with Crippen LogP contribution in [0.3, 0.4) is 0 Å². The van der Waals surface area contributed by atoms with E-state index >= 15 is 0 Å². The first kappa shape index (κ1) is 23.3. The van der Waals surface area contributed by atoms with E-state index in [1.165, 1.54) is 24.1 Å². The van der Waals surface area contributed by atoms with Crippen LogP contribution in [0.15, 0.2) is 22.8 Å². The lowest BCUT2D eigenvalue weighted by Gasteiger charge is -2.27. The SMILES string of the molecule is CC(C)OCc1nn(CC2CC2)c2c1CN(Cc1ccco1)CC2.O=C(O)C(F)(F)F. The van der Waals surface area contributed by atoms with E-state index in [2.05, 4.69) is 29.5 Å². The van der Waals surface area contributed by atoms with Crippen molar-refractivity contribution in [2.45, 2.75) is 71.6 Å². The van der Waals surface area contributed by atoms with Gasteiger partial charge in [-0.25, -0.2) is 4.79 Å². The van der Waals surface area contributed by atoms with Crippen LogP contribution in [-0.2, 0) is 42.2 Å². The number of fused-ring (bicyclic) bond motifs is 1. The van der Waals surface area contributed by atoms with E-state index in [1.54, 1.807) is 6.26 Å². The molecule has 0 atom stereocenters. The van der Waals surface area contributed by atoms with E-state index in [9.17, 15) is 13.2 Å². The third-order valence-electron chi connectivity index (χ3n) is 5.18. The van der Waals surface area contributed by atoms with Gasteiger partial charge in [0.15, 0.2) is 0 Å². The summed E-state index contributed by atoms with van der Waals surface area (Å²) in [5.41, 5.74) is 3.94. The molecule has 1 aliphatic heterocycles. The Morgan fingerprint density at radius 1 is 1.39 bits per heavy atom. The van der Waals surface area contributed by atoms with Crippen molar-refractivity contribution in [2.75, 3.05) is 6.54 Å². The van der Waals surface area contributed by atoms with Gasteiger partial charge in [0.1, 0.15) is 5.76 Å². The molecule has 1 aliphatic carbocycles. The van der Waals surface area contributed by atoms with Crippen molar-refractivity contribution in [3.8, 4) is 0 Å². The minimum absolute atomic E-state index is 0.233. The number of aromatic nitrogens is 2. The molecule has 172 valence electrons. The normalized spacial score (nSPS) is 16.7. The van der Waals surface area contributed by atoms with Crippen LogP contribution in [0.2, 0.25) is 0 Å². The van der Waals surface area contributed by atoms with Crippen LogP contribution in [0.5, 0.6) is 0 Å². The Kier molecular flexibility index (Phi) is 7.42. The predicted molar refractivity (Wildman–Crippen MR) is 105 cm³/mol. The average Bonchev–Trinajstić information content (AvgIpc) is 3.23. The highest BCUT2D eigenvalue weighted by atomic mass is 19.4. The molecule has 0 radical (unpaired) electrons. The van der Waals surface area contributed by atoms with E-state index in [0.717, 1.165) is 50.0 Å². The summed E-state index contributed by atoms with van der Waals surface area (Å²) < 4.78 is 45.4. The van der Waals surface area contributed by atoms with E-state index in [-0.39, 0.29) is 6.10 Å². The van der Waals surface area contributed by atoms with Crippen molar-refractivity contribution >= 4 is 5.97 Å². The summed E-state index contributed by atoms with van der Waals surface area (Å²) in [5.74, 6) is -0.884. The lowest BCUT2D eigenvalue weighted by atomic mass is 10.0. The van der Waals surface area contributed by atoms with Crippen LogP contribution in [-0.4, -0.2) is 44.6 Å². The van der Waals surface area contributed by atoms with Crippen LogP contribution < -0.4 is 0 Å². The van der Waals surface area contributed by atoms with Gasteiger partial charge < -0.3 is 14.3 Å². The number of furan rings is 1. The van der Waals surface area contributed by atoms with Gasteiger partial charge in [0.2, 0.25) is 0 Å². The number of rotatable bonds is 7. The highest BCUT2D eigenvalue weighted by molar-refractivity contribution is 5.73. The molecule has 2 aliphatic rings. The molecule has 31 heavy (non-hydrogen) atoms. The highest BCUT2D eigenvalue weighted by Gasteiger charge is 2.38. The Bertz CT molecular complexity index is 858. The Morgan fingerprint density at radius 2 is 2.10 bits per heavy atom. The van der Waals surface area contributed by atoms with Crippen LogP contribution in [0.25, 0.3) is 0 Å². The first-order valence-electron chi connectivity index (χ1n) is 10.4. The number of alkyl halides is 3. The molecule has 0 spiro atoms. The number of carboxylic acid groups (broad SMARTS) is 1. The summed E-state index contributed by atoms with van der Waals surface area (Å²) in [6.07, 6.45) is 0.684. The maximum Gasteiger partial charge on any atom is 0.490 e. The zero-order valence-electron chi connectivity index (χ0n) is 17.7. The summed E-state index contributed by atoms with van der Waals surface area (Å²) in [5, 5.41) is 12.0. The number of carbonyl (C=O) groups is 1. The van der Waals surface area contributed by atoms with Crippen molar-refractivity contribution in [3.63, 3.8) is 0 Å². The molecule has 0 amide bonds. The third-order valence-corrected chi connectivity index (χ3v) is 5.18. The highest BCUT2D eigenvalue weighted by Crippen LogP contribution is 2.33. The molecule has 10 heteroatoms. The lowest BCUT2D eigenvalue weighted by molar-refractivity contribution is -0.192. The fraction of sp³-hybridized carbons (Fsp3) is 0.619. The van der Waals surface area contributed by atoms with Crippen LogP contribution in [0.1, 0.15) is 49.4 Å². The fourth-order valence-corrected chi connectivity index (χ4v) is 3.43. The topological polar surface area (TPSA) is 80.7 Å². The quantitative estimate of drug-likeness (QED) is 0.697. The Morgan fingerprint density at radius 3 is 2.65 bits per heavy atom. The molecule has 0 unspecified atom stereocenters. The van der Waals surface area contributed by atoms with Crippen molar-refractivity contribution in [3.05, 3.63) is 41.1 Å². The van der Waals surface area contributed by atoms with Crippen molar-refractivity contribution in [1.82, 2.24) is 14.7 Å². The molecule has 2 aromatic heterocycles. The van der Waals surface area contributed by atoms with E-state index in [1.807, 2.05) is 6.07 Å². The third kappa shape index (κ3) is 6.83. The van der Waals surface area contributed by atoms with Gasteiger partial charge >= 0.3 is 12.1 Å². The molecule has 0 saturated heterocycles. The molecule has 4 rings (SSSR count). The standard InChI is InChI=1S/C19H27N3O2.C2HF3O2/c1-14(2)24-13-18-17-12-21(11-16-4-3-9-23-16)8-7-19(17)22(20-18)10-15-5-6-15;3-2(4,5)1(6)7/h3-4,9,14-15H,5-8,10-13H2,1-2H3;(H,6,7). The van der Waals surface area contributed by atoms with Gasteiger partial charge in [-0.15, -0.1) is 0 Å². The van der Waals surface area contributed by atoms with Crippen molar-refractivity contribution in [1.29, 1.82) is 0 Å². The Labute approximate surface area is 178 Å². The van der Waals surface area contributed by atoms with E-state index in [4.69, 9.17) is 24.2 Å². The summed E-state index contributed by atoms with van der Waals surface area (Å²) in [4.78, 5) is 11.3. The average molecular weight is 443 g/mol. The minimum atomic E-state index is -5.08. The molecule has 1 fully saturated rings. The first-order valence-corrected chi connectivity index (χ1v) is 10.4. The van der Waals surface area contributed by atoms with Crippen LogP contribution in [0, 0.1) is 5.92 Å². The molecular weight excluding hydrogens is 415 g/mol. The van der Waals surface area contributed by atoms with Gasteiger partial charge in [-0.05, 0) is 44.7 Å². The first-order chi connectivity index (χ1) is 14.6. The maximum atomic E-state index is 10.6. The molecule has 2 aromatic rings. The van der Waals surface area contributed by atoms with Gasteiger partial charge in [0.05, 0.1) is 31.2 Å². The summed E-state index contributed by atoms with van der Waals surface area (Å²) >= 11 is 0. The number of hydrogen-bond acceptors (Lipinski definition) is 5. The molecule has 1 saturated carbocycles. The second-order valence-electron chi connectivity index (χ2n) is 8.20. The number of hydrogen-bond donors (Lipinski definition) is 1. The van der Waals surface area contributed by atoms with Crippen molar-refractivity contribution < 1.29 is 32.2 Å². The second-order valence-corrected chi connectivity index (χ2v) is 8.20. The number of carboxylic acids is 1. The van der Waals surface area contributed by atoms with Gasteiger partial charge in [0.25, 0.3) is 0 Å². The number of nitrogens with zero attached hydrogens (tertiary/aromatic N) is 3. The monoisotopic (exact) mass is 443 g/mol. The summed E-state index contributed by atoms with van der Waals surface area (Å²) in [6, 6.07) is 4.01. The number of ether oxygens (including phenoxy) is 1. The smallest absolute Gasteiger partial charge is 0.475 e. The maximum absolute atomic E-state index is 10.6. The zero-order valence-corrected chi connectivity index (χ0v) is 17.7. The number of halogens is 3. The van der Waals surface area contributed by atoms with Crippen LogP contribution >= 0.6 is 0 Å². The lowest BCUT2D eigenvalue weighted by Crippen LogP contribution is -2.31. The van der Waals surface area contributed by atoms with E-state index < -0.39 is 12.1 Å². The summed E-state index contributed by atoms with van der Waals surface area (Å²) in [6.45, 7) is 8.74. The molecule has 7 nitrogen and oxygen atoms in total. The molecule has 3 heterocycles. The summed E-state index contributed by atoms with van der Waals surface area (Å²) in [7, 11) is 0. The second kappa shape index (κ2) is 9.86. The van der Waals surface area contributed by atoms with Gasteiger partial charge in [0, 0.05) is 37.3 Å². The Hall–Kier alpha value is -2.33. The largest absolute Gasteiger partial charge is 0.490 e.